The molecular formula is C9H16N2O2. The molecule has 13 heavy (non-hydrogen) atoms. The number of nitrogens with zero attached hydrogens (tertiary/aromatic N) is 2. The Balaban J connectivity index is 3.03. The molecule has 0 radical (unpaired) electrons. The molecular weight excluding hydrogens is 168 g/mol. The Kier molecular flexibility index (Phi) is 2.93. The number of rotatable bonds is 3. The number of methoxy groups -OCH3 is 1. The lowest BCUT2D eigenvalue weighted by Gasteiger charge is -2.15. The molecule has 0 fully saturated rings. The van der Waals surface area contributed by atoms with Crippen LogP contribution in [0, 0.1) is 5.92 Å². The second-order valence-corrected chi connectivity index (χ2v) is 3.41. The van der Waals surface area contributed by atoms with Gasteiger partial charge in [0, 0.05) is 7.05 Å². The van der Waals surface area contributed by atoms with Gasteiger partial charge in [-0.3, -0.25) is 4.68 Å². The molecule has 0 aromatic carbocycles. The van der Waals surface area contributed by atoms with E-state index in [4.69, 9.17) is 4.74 Å². The van der Waals surface area contributed by atoms with Gasteiger partial charge in [0.2, 0.25) is 0 Å². The lowest BCUT2D eigenvalue weighted by Crippen LogP contribution is -2.11. The standard InChI is InChI=1S/C9H16N2O2/c1-6(2)9(12)8-7(13-4)5-10-11(8)3/h5-6,9,12H,1-4H3. The van der Waals surface area contributed by atoms with E-state index in [1.165, 1.54) is 0 Å². The van der Waals surface area contributed by atoms with Crippen LogP contribution in [0.25, 0.3) is 0 Å². The fraction of sp³-hybridized carbons (Fsp3) is 0.667. The van der Waals surface area contributed by atoms with Gasteiger partial charge < -0.3 is 9.84 Å². The van der Waals surface area contributed by atoms with Crippen molar-refractivity contribution in [3.8, 4) is 5.75 Å². The number of ether oxygens (including phenoxy) is 1. The Labute approximate surface area is 78.1 Å². The fourth-order valence-corrected chi connectivity index (χ4v) is 1.24. The summed E-state index contributed by atoms with van der Waals surface area (Å²) in [5.74, 6) is 0.799. The number of aromatic nitrogens is 2. The minimum atomic E-state index is -0.526. The van der Waals surface area contributed by atoms with Crippen LogP contribution in [0.4, 0.5) is 0 Å². The smallest absolute Gasteiger partial charge is 0.162 e. The average Bonchev–Trinajstić information content (AvgIpc) is 2.45. The van der Waals surface area contributed by atoms with E-state index >= 15 is 0 Å². The molecule has 0 saturated carbocycles. The van der Waals surface area contributed by atoms with Gasteiger partial charge in [-0.2, -0.15) is 5.10 Å². The molecule has 0 saturated heterocycles. The summed E-state index contributed by atoms with van der Waals surface area (Å²) in [4.78, 5) is 0. The van der Waals surface area contributed by atoms with Crippen LogP contribution < -0.4 is 4.74 Å². The lowest BCUT2D eigenvalue weighted by molar-refractivity contribution is 0.115. The zero-order valence-electron chi connectivity index (χ0n) is 8.48. The van der Waals surface area contributed by atoms with E-state index in [1.54, 1.807) is 25.0 Å². The van der Waals surface area contributed by atoms with Gasteiger partial charge in [-0.15, -0.1) is 0 Å². The van der Waals surface area contributed by atoms with Gasteiger partial charge in [0.15, 0.2) is 5.75 Å². The van der Waals surface area contributed by atoms with Gasteiger partial charge in [0.1, 0.15) is 11.8 Å². The van der Waals surface area contributed by atoms with Gasteiger partial charge in [-0.1, -0.05) is 13.8 Å². The molecule has 0 aliphatic rings. The average molecular weight is 184 g/mol. The molecule has 1 aromatic rings. The quantitative estimate of drug-likeness (QED) is 0.765. The molecule has 74 valence electrons. The SMILES string of the molecule is COc1cnn(C)c1C(O)C(C)C. The molecule has 1 aromatic heterocycles. The van der Waals surface area contributed by atoms with Gasteiger partial charge in [-0.25, -0.2) is 0 Å². The predicted molar refractivity (Wildman–Crippen MR) is 49.6 cm³/mol. The van der Waals surface area contributed by atoms with Gasteiger partial charge in [0.05, 0.1) is 13.3 Å². The van der Waals surface area contributed by atoms with Crippen molar-refractivity contribution < 1.29 is 9.84 Å². The molecule has 1 heterocycles. The first-order valence-corrected chi connectivity index (χ1v) is 4.31. The minimum Gasteiger partial charge on any atom is -0.493 e. The summed E-state index contributed by atoms with van der Waals surface area (Å²) in [7, 11) is 3.37. The Bertz CT molecular complexity index is 281. The number of aliphatic hydroxyl groups is 1. The van der Waals surface area contributed by atoms with Crippen molar-refractivity contribution in [1.82, 2.24) is 9.78 Å². The topological polar surface area (TPSA) is 47.3 Å². The van der Waals surface area contributed by atoms with Gasteiger partial charge in [0.25, 0.3) is 0 Å². The third kappa shape index (κ3) is 1.83. The van der Waals surface area contributed by atoms with E-state index in [0.29, 0.717) is 5.75 Å². The second kappa shape index (κ2) is 3.79. The Hall–Kier alpha value is -1.03. The minimum absolute atomic E-state index is 0.157. The number of aryl methyl sites for hydroxylation is 1. The summed E-state index contributed by atoms with van der Waals surface area (Å²) >= 11 is 0. The first-order chi connectivity index (χ1) is 6.07. The third-order valence-electron chi connectivity index (χ3n) is 2.08. The van der Waals surface area contributed by atoms with Crippen LogP contribution in [-0.4, -0.2) is 22.0 Å². The largest absolute Gasteiger partial charge is 0.493 e. The molecule has 0 aliphatic heterocycles. The summed E-state index contributed by atoms with van der Waals surface area (Å²) in [5.41, 5.74) is 0.734. The Morgan fingerprint density at radius 1 is 1.54 bits per heavy atom. The van der Waals surface area contributed by atoms with Crippen LogP contribution in [0.15, 0.2) is 6.20 Å². The highest BCUT2D eigenvalue weighted by Crippen LogP contribution is 2.28. The normalized spacial score (nSPS) is 13.4. The van der Waals surface area contributed by atoms with Crippen LogP contribution in [-0.2, 0) is 7.05 Å². The van der Waals surface area contributed by atoms with E-state index in [1.807, 2.05) is 13.8 Å². The van der Waals surface area contributed by atoms with Crippen LogP contribution in [0.1, 0.15) is 25.6 Å². The maximum Gasteiger partial charge on any atom is 0.162 e. The molecule has 0 amide bonds. The van der Waals surface area contributed by atoms with E-state index in [2.05, 4.69) is 5.10 Å². The van der Waals surface area contributed by atoms with Crippen LogP contribution in [0.5, 0.6) is 5.75 Å². The highest BCUT2D eigenvalue weighted by atomic mass is 16.5. The maximum atomic E-state index is 9.84. The van der Waals surface area contributed by atoms with Gasteiger partial charge >= 0.3 is 0 Å². The lowest BCUT2D eigenvalue weighted by atomic mass is 10.0. The third-order valence-corrected chi connectivity index (χ3v) is 2.08. The highest BCUT2D eigenvalue weighted by molar-refractivity contribution is 5.27. The van der Waals surface area contributed by atoms with E-state index in [0.717, 1.165) is 5.69 Å². The zero-order chi connectivity index (χ0) is 10.0. The summed E-state index contributed by atoms with van der Waals surface area (Å²) in [5, 5.41) is 13.9. The first-order valence-electron chi connectivity index (χ1n) is 4.31. The van der Waals surface area contributed by atoms with Crippen molar-refractivity contribution in [3.05, 3.63) is 11.9 Å². The van der Waals surface area contributed by atoms with Crippen molar-refractivity contribution in [2.45, 2.75) is 20.0 Å². The summed E-state index contributed by atoms with van der Waals surface area (Å²) in [6.45, 7) is 3.91. The van der Waals surface area contributed by atoms with Crippen LogP contribution in [0.2, 0.25) is 0 Å². The summed E-state index contributed by atoms with van der Waals surface area (Å²) in [6.07, 6.45) is 1.09. The second-order valence-electron chi connectivity index (χ2n) is 3.41. The molecule has 1 N–H and O–H groups in total. The Morgan fingerprint density at radius 3 is 2.62 bits per heavy atom. The van der Waals surface area contributed by atoms with Gasteiger partial charge in [-0.05, 0) is 5.92 Å². The first kappa shape index (κ1) is 10.1. The van der Waals surface area contributed by atoms with Crippen molar-refractivity contribution >= 4 is 0 Å². The molecule has 1 unspecified atom stereocenters. The molecule has 0 bridgehead atoms. The van der Waals surface area contributed by atoms with Crippen molar-refractivity contribution in [3.63, 3.8) is 0 Å². The van der Waals surface area contributed by atoms with Crippen molar-refractivity contribution in [1.29, 1.82) is 0 Å². The maximum absolute atomic E-state index is 9.84. The molecule has 4 nitrogen and oxygen atoms in total. The van der Waals surface area contributed by atoms with Crippen molar-refractivity contribution in [2.75, 3.05) is 7.11 Å². The van der Waals surface area contributed by atoms with E-state index in [-0.39, 0.29) is 5.92 Å². The summed E-state index contributed by atoms with van der Waals surface area (Å²) in [6, 6.07) is 0. The van der Waals surface area contributed by atoms with Crippen LogP contribution >= 0.6 is 0 Å². The summed E-state index contributed by atoms with van der Waals surface area (Å²) < 4.78 is 6.74. The Morgan fingerprint density at radius 2 is 2.15 bits per heavy atom. The van der Waals surface area contributed by atoms with Crippen molar-refractivity contribution in [2.24, 2.45) is 13.0 Å². The predicted octanol–water partition coefficient (Wildman–Crippen LogP) is 1.12. The van der Waals surface area contributed by atoms with E-state index in [9.17, 15) is 5.11 Å². The number of hydrogen-bond donors (Lipinski definition) is 1. The van der Waals surface area contributed by atoms with Crippen LogP contribution in [0.3, 0.4) is 0 Å². The zero-order valence-corrected chi connectivity index (χ0v) is 8.48. The molecule has 0 spiro atoms. The van der Waals surface area contributed by atoms with E-state index < -0.39 is 6.10 Å². The number of hydrogen-bond acceptors (Lipinski definition) is 3. The molecule has 4 heteroatoms. The monoisotopic (exact) mass is 184 g/mol. The highest BCUT2D eigenvalue weighted by Gasteiger charge is 2.20. The number of aliphatic hydroxyl groups excluding tert-OH is 1. The molecule has 1 rings (SSSR count). The molecule has 0 aliphatic carbocycles. The fourth-order valence-electron chi connectivity index (χ4n) is 1.24. The molecule has 1 atom stereocenters.